The van der Waals surface area contributed by atoms with E-state index in [1.165, 1.54) is 0 Å². The molecule has 1 aromatic carbocycles. The first-order valence-electron chi connectivity index (χ1n) is 4.27. The van der Waals surface area contributed by atoms with Gasteiger partial charge in [-0.15, -0.1) is 0 Å². The minimum absolute atomic E-state index is 0.463. The minimum Gasteiger partial charge on any atom is -0.392 e. The van der Waals surface area contributed by atoms with Gasteiger partial charge in [0, 0.05) is 11.3 Å². The average molecular weight is 212 g/mol. The third kappa shape index (κ3) is 2.97. The van der Waals surface area contributed by atoms with Crippen molar-refractivity contribution in [1.82, 2.24) is 0 Å². The lowest BCUT2D eigenvalue weighted by atomic mass is 9.97. The fourth-order valence-corrected chi connectivity index (χ4v) is 1.89. The summed E-state index contributed by atoms with van der Waals surface area (Å²) in [5, 5.41) is 10.5. The van der Waals surface area contributed by atoms with Crippen molar-refractivity contribution in [3.05, 3.63) is 35.9 Å². The molecule has 0 aliphatic rings. The van der Waals surface area contributed by atoms with Crippen molar-refractivity contribution in [3.8, 4) is 0 Å². The van der Waals surface area contributed by atoms with Crippen LogP contribution in [0, 0.1) is 0 Å². The molecule has 14 heavy (non-hydrogen) atoms. The Hall–Kier alpha value is -1.13. The molecule has 0 heterocycles. The molecule has 0 aliphatic carbocycles. The predicted molar refractivity (Wildman–Crippen MR) is 55.8 cm³/mol. The molecule has 4 heteroatoms. The summed E-state index contributed by atoms with van der Waals surface area (Å²) in [7, 11) is -2.25. The smallest absolute Gasteiger partial charge is 0.210 e. The maximum atomic E-state index is 10.5. The predicted octanol–water partition coefficient (Wildman–Crippen LogP) is 0.832. The quantitative estimate of drug-likeness (QED) is 0.755. The van der Waals surface area contributed by atoms with Gasteiger partial charge < -0.3 is 5.11 Å². The Morgan fingerprint density at radius 3 is 2.29 bits per heavy atom. The van der Waals surface area contributed by atoms with Gasteiger partial charge in [0.1, 0.15) is 0 Å². The minimum atomic E-state index is -2.25. The van der Waals surface area contributed by atoms with Gasteiger partial charge in [-0.1, -0.05) is 30.3 Å². The van der Waals surface area contributed by atoms with E-state index in [1.54, 1.807) is 19.1 Å². The summed E-state index contributed by atoms with van der Waals surface area (Å²) >= 11 is 0. The van der Waals surface area contributed by atoms with Crippen LogP contribution in [0.3, 0.4) is 0 Å². The van der Waals surface area contributed by atoms with Gasteiger partial charge in [0.15, 0.2) is 0 Å². The number of aliphatic hydroxyl groups excluding tert-OH is 1. The topological polar surface area (TPSA) is 54.4 Å². The molecule has 0 radical (unpaired) electrons. The molecule has 0 spiro atoms. The van der Waals surface area contributed by atoms with Crippen molar-refractivity contribution in [3.63, 3.8) is 0 Å². The van der Waals surface area contributed by atoms with Gasteiger partial charge in [-0.3, -0.25) is 0 Å². The van der Waals surface area contributed by atoms with Crippen LogP contribution in [0.25, 0.3) is 0 Å². The maximum Gasteiger partial charge on any atom is 0.210 e. The molecule has 2 unspecified atom stereocenters. The van der Waals surface area contributed by atoms with Crippen LogP contribution in [0.15, 0.2) is 30.3 Å². The molecule has 0 saturated carbocycles. The van der Waals surface area contributed by atoms with Crippen molar-refractivity contribution in [2.45, 2.75) is 18.9 Å². The standard InChI is InChI=1S/C10H12O3S/c1-8(11)10(7-14(12)13)9-5-3-2-4-6-9/h2-8,10-11H,1H3. The maximum absolute atomic E-state index is 10.5. The average Bonchev–Trinajstić information content (AvgIpc) is 2.15. The first kappa shape index (κ1) is 10.9. The molecule has 2 atom stereocenters. The van der Waals surface area contributed by atoms with Crippen molar-refractivity contribution in [1.29, 1.82) is 0 Å². The second-order valence-electron chi connectivity index (χ2n) is 3.07. The highest BCUT2D eigenvalue weighted by Crippen LogP contribution is 2.16. The zero-order chi connectivity index (χ0) is 10.6. The Morgan fingerprint density at radius 1 is 1.29 bits per heavy atom. The number of hydrogen-bond donors (Lipinski definition) is 1. The van der Waals surface area contributed by atoms with Crippen LogP contribution < -0.4 is 0 Å². The number of benzene rings is 1. The first-order valence-corrected chi connectivity index (χ1v) is 5.41. The van der Waals surface area contributed by atoms with Crippen LogP contribution in [0.2, 0.25) is 0 Å². The van der Waals surface area contributed by atoms with E-state index < -0.39 is 22.3 Å². The summed E-state index contributed by atoms with van der Waals surface area (Å²) in [4.78, 5) is 0. The van der Waals surface area contributed by atoms with Crippen molar-refractivity contribution in [2.24, 2.45) is 0 Å². The normalized spacial score (nSPS) is 14.4. The first-order chi connectivity index (χ1) is 6.61. The molecule has 1 aromatic rings. The van der Waals surface area contributed by atoms with E-state index >= 15 is 0 Å². The lowest BCUT2D eigenvalue weighted by molar-refractivity contribution is 0.187. The van der Waals surface area contributed by atoms with Crippen LogP contribution in [0.4, 0.5) is 0 Å². The fraction of sp³-hybridized carbons (Fsp3) is 0.300. The summed E-state index contributed by atoms with van der Waals surface area (Å²) < 4.78 is 21.0. The highest BCUT2D eigenvalue weighted by Gasteiger charge is 2.14. The number of aliphatic hydroxyl groups is 1. The summed E-state index contributed by atoms with van der Waals surface area (Å²) in [6.45, 7) is 1.57. The third-order valence-corrected chi connectivity index (χ3v) is 2.48. The fourth-order valence-electron chi connectivity index (χ4n) is 1.27. The Bertz CT molecular complexity index is 398. The van der Waals surface area contributed by atoms with Crippen LogP contribution in [0.5, 0.6) is 0 Å². The molecule has 0 fully saturated rings. The second kappa shape index (κ2) is 4.93. The molecule has 1 N–H and O–H groups in total. The summed E-state index contributed by atoms with van der Waals surface area (Å²) in [6, 6.07) is 9.05. The molecule has 0 aliphatic heterocycles. The largest absolute Gasteiger partial charge is 0.392 e. The second-order valence-corrected chi connectivity index (χ2v) is 3.87. The van der Waals surface area contributed by atoms with Crippen molar-refractivity contribution < 1.29 is 13.5 Å². The highest BCUT2D eigenvalue weighted by molar-refractivity contribution is 7.71. The zero-order valence-corrected chi connectivity index (χ0v) is 8.61. The van der Waals surface area contributed by atoms with Gasteiger partial charge >= 0.3 is 0 Å². The van der Waals surface area contributed by atoms with Crippen LogP contribution >= 0.6 is 0 Å². The Morgan fingerprint density at radius 2 is 1.86 bits per heavy atom. The molecule has 0 bridgehead atoms. The van der Waals surface area contributed by atoms with Crippen LogP contribution in [-0.4, -0.2) is 25.0 Å². The van der Waals surface area contributed by atoms with E-state index in [1.807, 2.05) is 18.2 Å². The van der Waals surface area contributed by atoms with Gasteiger partial charge in [-0.2, -0.15) is 8.42 Å². The molecule has 0 aromatic heterocycles. The zero-order valence-electron chi connectivity index (χ0n) is 7.79. The number of hydrogen-bond acceptors (Lipinski definition) is 3. The van der Waals surface area contributed by atoms with Crippen LogP contribution in [0.1, 0.15) is 18.4 Å². The van der Waals surface area contributed by atoms with E-state index in [0.717, 1.165) is 10.9 Å². The molecule has 0 amide bonds. The van der Waals surface area contributed by atoms with Crippen molar-refractivity contribution in [2.75, 3.05) is 0 Å². The molecule has 76 valence electrons. The van der Waals surface area contributed by atoms with Crippen molar-refractivity contribution >= 4 is 15.7 Å². The van der Waals surface area contributed by atoms with Gasteiger partial charge in [0.05, 0.1) is 6.10 Å². The van der Waals surface area contributed by atoms with Crippen LogP contribution in [-0.2, 0) is 10.3 Å². The molecular formula is C10H12O3S. The van der Waals surface area contributed by atoms with E-state index in [-0.39, 0.29) is 0 Å². The lowest BCUT2D eigenvalue weighted by Gasteiger charge is -2.14. The highest BCUT2D eigenvalue weighted by atomic mass is 32.2. The van der Waals surface area contributed by atoms with Gasteiger partial charge in [0.25, 0.3) is 0 Å². The molecule has 3 nitrogen and oxygen atoms in total. The monoisotopic (exact) mass is 212 g/mol. The molecule has 0 saturated heterocycles. The Labute approximate surface area is 84.5 Å². The van der Waals surface area contributed by atoms with E-state index in [9.17, 15) is 13.5 Å². The van der Waals surface area contributed by atoms with E-state index in [4.69, 9.17) is 0 Å². The summed E-state index contributed by atoms with van der Waals surface area (Å²) in [5.74, 6) is -0.463. The Kier molecular flexibility index (Phi) is 3.85. The van der Waals surface area contributed by atoms with E-state index in [0.29, 0.717) is 0 Å². The number of rotatable bonds is 3. The van der Waals surface area contributed by atoms with Gasteiger partial charge in [-0.05, 0) is 12.5 Å². The summed E-state index contributed by atoms with van der Waals surface area (Å²) in [6.07, 6.45) is -0.713. The lowest BCUT2D eigenvalue weighted by Crippen LogP contribution is -2.16. The SMILES string of the molecule is CC(O)C(C=S(=O)=O)c1ccccc1. The summed E-state index contributed by atoms with van der Waals surface area (Å²) in [5.41, 5.74) is 0.798. The molecule has 1 rings (SSSR count). The Balaban J connectivity index is 3.07. The van der Waals surface area contributed by atoms with Gasteiger partial charge in [-0.25, -0.2) is 0 Å². The third-order valence-electron chi connectivity index (χ3n) is 1.96. The van der Waals surface area contributed by atoms with E-state index in [2.05, 4.69) is 0 Å². The molecular weight excluding hydrogens is 200 g/mol. The van der Waals surface area contributed by atoms with Gasteiger partial charge in [0.2, 0.25) is 10.3 Å².